The zero-order valence-corrected chi connectivity index (χ0v) is 11.4. The van der Waals surface area contributed by atoms with Crippen LogP contribution in [0.3, 0.4) is 0 Å². The van der Waals surface area contributed by atoms with Crippen LogP contribution in [0.25, 0.3) is 0 Å². The maximum Gasteiger partial charge on any atom is 0.272 e. The first kappa shape index (κ1) is 15.4. The smallest absolute Gasteiger partial charge is 0.272 e. The third kappa shape index (κ3) is 3.75. The normalized spacial score (nSPS) is 21.8. The Morgan fingerprint density at radius 3 is 2.76 bits per heavy atom. The first-order chi connectivity index (χ1) is 9.99. The Bertz CT molecular complexity index is 550. The van der Waals surface area contributed by atoms with Crippen molar-refractivity contribution in [2.45, 2.75) is 31.8 Å². The third-order valence-corrected chi connectivity index (χ3v) is 3.80. The maximum absolute atomic E-state index is 13.7. The fourth-order valence-corrected chi connectivity index (χ4v) is 2.55. The molecule has 2 rings (SSSR count). The zero-order chi connectivity index (χ0) is 15.4. The average molecular weight is 296 g/mol. The number of rotatable bonds is 4. The SMILES string of the molecule is O=C(NCC1CCCCC1O)c1ccc([N+](=O)[O-])cc1F. The molecule has 1 aromatic carbocycles. The Balaban J connectivity index is 1.98. The van der Waals surface area contributed by atoms with Crippen LogP contribution in [0, 0.1) is 21.8 Å². The lowest BCUT2D eigenvalue weighted by molar-refractivity contribution is -0.385. The van der Waals surface area contributed by atoms with E-state index < -0.39 is 28.4 Å². The average Bonchev–Trinajstić information content (AvgIpc) is 2.46. The fraction of sp³-hybridized carbons (Fsp3) is 0.500. The molecule has 1 aliphatic carbocycles. The van der Waals surface area contributed by atoms with E-state index in [1.807, 2.05) is 0 Å². The van der Waals surface area contributed by atoms with Gasteiger partial charge in [-0.3, -0.25) is 14.9 Å². The number of hydrogen-bond acceptors (Lipinski definition) is 4. The van der Waals surface area contributed by atoms with Crippen LogP contribution in [0.1, 0.15) is 36.0 Å². The van der Waals surface area contributed by atoms with Crippen LogP contribution in [0.4, 0.5) is 10.1 Å². The Kier molecular flexibility index (Phi) is 4.85. The second-order valence-electron chi connectivity index (χ2n) is 5.24. The van der Waals surface area contributed by atoms with Crippen LogP contribution < -0.4 is 5.32 Å². The second-order valence-corrected chi connectivity index (χ2v) is 5.24. The van der Waals surface area contributed by atoms with Gasteiger partial charge in [0.15, 0.2) is 0 Å². The van der Waals surface area contributed by atoms with E-state index in [1.165, 1.54) is 0 Å². The summed E-state index contributed by atoms with van der Waals surface area (Å²) in [4.78, 5) is 21.7. The molecule has 1 amide bonds. The number of halogens is 1. The Hall–Kier alpha value is -2.02. The molecule has 7 heteroatoms. The highest BCUT2D eigenvalue weighted by Gasteiger charge is 2.24. The topological polar surface area (TPSA) is 92.5 Å². The van der Waals surface area contributed by atoms with Gasteiger partial charge >= 0.3 is 0 Å². The number of nitrogens with one attached hydrogen (secondary N) is 1. The lowest BCUT2D eigenvalue weighted by atomic mass is 9.86. The molecule has 0 bridgehead atoms. The van der Waals surface area contributed by atoms with Crippen LogP contribution in [-0.4, -0.2) is 28.6 Å². The van der Waals surface area contributed by atoms with E-state index >= 15 is 0 Å². The molecule has 0 heterocycles. The number of non-ortho nitro benzene ring substituents is 1. The van der Waals surface area contributed by atoms with Crippen molar-refractivity contribution >= 4 is 11.6 Å². The van der Waals surface area contributed by atoms with E-state index in [1.54, 1.807) is 0 Å². The molecule has 0 saturated heterocycles. The minimum absolute atomic E-state index is 0.0243. The zero-order valence-electron chi connectivity index (χ0n) is 11.4. The minimum Gasteiger partial charge on any atom is -0.393 e. The number of hydrogen-bond donors (Lipinski definition) is 2. The van der Waals surface area contributed by atoms with E-state index in [0.717, 1.165) is 37.5 Å². The highest BCUT2D eigenvalue weighted by molar-refractivity contribution is 5.94. The van der Waals surface area contributed by atoms with Gasteiger partial charge in [0.05, 0.1) is 22.7 Å². The summed E-state index contributed by atoms with van der Waals surface area (Å²) >= 11 is 0. The van der Waals surface area contributed by atoms with E-state index in [9.17, 15) is 24.4 Å². The Labute approximate surface area is 121 Å². The number of nitrogens with zero attached hydrogens (tertiary/aromatic N) is 1. The van der Waals surface area contributed by atoms with Crippen molar-refractivity contribution in [1.82, 2.24) is 5.32 Å². The van der Waals surface area contributed by atoms with Crippen molar-refractivity contribution in [2.24, 2.45) is 5.92 Å². The van der Waals surface area contributed by atoms with Crippen LogP contribution in [0.15, 0.2) is 18.2 Å². The molecule has 2 N–H and O–H groups in total. The molecule has 0 spiro atoms. The third-order valence-electron chi connectivity index (χ3n) is 3.80. The van der Waals surface area contributed by atoms with E-state index in [-0.39, 0.29) is 18.0 Å². The molecule has 0 radical (unpaired) electrons. The van der Waals surface area contributed by atoms with Gasteiger partial charge < -0.3 is 10.4 Å². The van der Waals surface area contributed by atoms with Gasteiger partial charge in [-0.15, -0.1) is 0 Å². The van der Waals surface area contributed by atoms with Crippen molar-refractivity contribution in [3.05, 3.63) is 39.7 Å². The highest BCUT2D eigenvalue weighted by Crippen LogP contribution is 2.24. The van der Waals surface area contributed by atoms with E-state index in [4.69, 9.17) is 0 Å². The number of carbonyl (C=O) groups is 1. The van der Waals surface area contributed by atoms with Gasteiger partial charge in [-0.05, 0) is 18.9 Å². The van der Waals surface area contributed by atoms with Crippen molar-refractivity contribution in [2.75, 3.05) is 6.54 Å². The standard InChI is InChI=1S/C14H17FN2O4/c15-12-7-10(17(20)21)5-6-11(12)14(19)16-8-9-3-1-2-4-13(9)18/h5-7,9,13,18H,1-4,8H2,(H,16,19). The van der Waals surface area contributed by atoms with Crippen LogP contribution >= 0.6 is 0 Å². The summed E-state index contributed by atoms with van der Waals surface area (Å²) in [6, 6.07) is 2.91. The quantitative estimate of drug-likeness (QED) is 0.656. The molecule has 2 unspecified atom stereocenters. The minimum atomic E-state index is -0.925. The second kappa shape index (κ2) is 6.62. The predicted molar refractivity (Wildman–Crippen MR) is 73.4 cm³/mol. The summed E-state index contributed by atoms with van der Waals surface area (Å²) in [7, 11) is 0. The van der Waals surface area contributed by atoms with Gasteiger partial charge in [0.2, 0.25) is 0 Å². The summed E-state index contributed by atoms with van der Waals surface area (Å²) in [5.74, 6) is -1.57. The van der Waals surface area contributed by atoms with Gasteiger partial charge in [-0.25, -0.2) is 4.39 Å². The summed E-state index contributed by atoms with van der Waals surface area (Å²) in [5, 5.41) is 22.9. The van der Waals surface area contributed by atoms with Gasteiger partial charge in [-0.1, -0.05) is 12.8 Å². The first-order valence-corrected chi connectivity index (χ1v) is 6.89. The molecule has 1 aromatic rings. The molecule has 6 nitrogen and oxygen atoms in total. The molecular weight excluding hydrogens is 279 g/mol. The molecule has 21 heavy (non-hydrogen) atoms. The molecule has 0 aliphatic heterocycles. The van der Waals surface area contributed by atoms with Gasteiger partial charge in [0, 0.05) is 18.5 Å². The van der Waals surface area contributed by atoms with Gasteiger partial charge in [0.25, 0.3) is 11.6 Å². The highest BCUT2D eigenvalue weighted by atomic mass is 19.1. The van der Waals surface area contributed by atoms with Crippen LogP contribution in [0.5, 0.6) is 0 Å². The summed E-state index contributed by atoms with van der Waals surface area (Å²) in [5.41, 5.74) is -0.627. The van der Waals surface area contributed by atoms with Crippen molar-refractivity contribution in [3.8, 4) is 0 Å². The molecule has 1 saturated carbocycles. The Morgan fingerprint density at radius 2 is 2.14 bits per heavy atom. The number of amides is 1. The van der Waals surface area contributed by atoms with Gasteiger partial charge in [0.1, 0.15) is 5.82 Å². The van der Waals surface area contributed by atoms with Crippen molar-refractivity contribution < 1.29 is 19.2 Å². The molecule has 1 fully saturated rings. The maximum atomic E-state index is 13.7. The van der Waals surface area contributed by atoms with Gasteiger partial charge in [-0.2, -0.15) is 0 Å². The summed E-state index contributed by atoms with van der Waals surface area (Å²) in [6.07, 6.45) is 3.07. The van der Waals surface area contributed by atoms with Crippen LogP contribution in [0.2, 0.25) is 0 Å². The van der Waals surface area contributed by atoms with Crippen molar-refractivity contribution in [1.29, 1.82) is 0 Å². The molecular formula is C14H17FN2O4. The van der Waals surface area contributed by atoms with E-state index in [2.05, 4.69) is 5.32 Å². The molecule has 1 aliphatic rings. The number of nitro benzene ring substituents is 1. The summed E-state index contributed by atoms with van der Waals surface area (Å²) < 4.78 is 13.7. The predicted octanol–water partition coefficient (Wildman–Crippen LogP) is 2.01. The summed E-state index contributed by atoms with van der Waals surface area (Å²) in [6.45, 7) is 0.274. The number of carbonyl (C=O) groups excluding carboxylic acids is 1. The molecule has 2 atom stereocenters. The molecule has 0 aromatic heterocycles. The largest absolute Gasteiger partial charge is 0.393 e. The lowest BCUT2D eigenvalue weighted by Crippen LogP contribution is -2.36. The first-order valence-electron chi connectivity index (χ1n) is 6.89. The van der Waals surface area contributed by atoms with Crippen LogP contribution in [-0.2, 0) is 0 Å². The van der Waals surface area contributed by atoms with Crippen molar-refractivity contribution in [3.63, 3.8) is 0 Å². The fourth-order valence-electron chi connectivity index (χ4n) is 2.55. The number of benzene rings is 1. The molecule has 114 valence electrons. The number of nitro groups is 1. The number of aliphatic hydroxyl groups is 1. The van der Waals surface area contributed by atoms with E-state index in [0.29, 0.717) is 6.42 Å². The Morgan fingerprint density at radius 1 is 1.43 bits per heavy atom. The monoisotopic (exact) mass is 296 g/mol. The number of aliphatic hydroxyl groups excluding tert-OH is 1. The lowest BCUT2D eigenvalue weighted by Gasteiger charge is -2.27.